The minimum atomic E-state index is -0.260. The molecule has 0 spiro atoms. The molecule has 0 saturated heterocycles. The van der Waals surface area contributed by atoms with Crippen LogP contribution in [0.15, 0.2) is 4.42 Å². The van der Waals surface area contributed by atoms with Crippen LogP contribution in [0.5, 0.6) is 0 Å². The van der Waals surface area contributed by atoms with Gasteiger partial charge in [-0.3, -0.25) is 9.69 Å². The van der Waals surface area contributed by atoms with E-state index in [0.29, 0.717) is 18.3 Å². The normalized spacial score (nSPS) is 10.8. The summed E-state index contributed by atoms with van der Waals surface area (Å²) in [7, 11) is 1.38. The van der Waals surface area contributed by atoms with Gasteiger partial charge in [-0.2, -0.15) is 0 Å². The van der Waals surface area contributed by atoms with Crippen molar-refractivity contribution >= 4 is 5.97 Å². The SMILES string of the molecule is CCCN(CC(=O)OC)Cc1nnc(C)o1. The predicted molar refractivity (Wildman–Crippen MR) is 56.6 cm³/mol. The maximum Gasteiger partial charge on any atom is 0.319 e. The number of ether oxygens (including phenoxy) is 1. The number of aromatic nitrogens is 2. The van der Waals surface area contributed by atoms with Crippen molar-refractivity contribution in [3.63, 3.8) is 0 Å². The van der Waals surface area contributed by atoms with E-state index in [1.165, 1.54) is 7.11 Å². The number of rotatable bonds is 6. The lowest BCUT2D eigenvalue weighted by Crippen LogP contribution is -2.31. The Bertz CT molecular complexity index is 338. The second-order valence-electron chi connectivity index (χ2n) is 3.50. The number of hydrogen-bond donors (Lipinski definition) is 0. The van der Waals surface area contributed by atoms with Gasteiger partial charge in [0.2, 0.25) is 11.8 Å². The Morgan fingerprint density at radius 3 is 2.75 bits per heavy atom. The highest BCUT2D eigenvalue weighted by Gasteiger charge is 2.13. The predicted octanol–water partition coefficient (Wildman–Crippen LogP) is 0.763. The first-order valence-corrected chi connectivity index (χ1v) is 5.23. The number of aryl methyl sites for hydroxylation is 1. The van der Waals surface area contributed by atoms with Gasteiger partial charge in [0, 0.05) is 6.92 Å². The third-order valence-corrected chi connectivity index (χ3v) is 2.05. The van der Waals surface area contributed by atoms with E-state index < -0.39 is 0 Å². The summed E-state index contributed by atoms with van der Waals surface area (Å²) >= 11 is 0. The molecular weight excluding hydrogens is 210 g/mol. The molecule has 1 rings (SSSR count). The van der Waals surface area contributed by atoms with Crippen LogP contribution in [0.4, 0.5) is 0 Å². The molecule has 0 bridgehead atoms. The molecule has 1 aromatic rings. The molecule has 0 aliphatic heterocycles. The Labute approximate surface area is 94.6 Å². The molecule has 0 amide bonds. The van der Waals surface area contributed by atoms with Crippen LogP contribution in [-0.2, 0) is 16.1 Å². The third-order valence-electron chi connectivity index (χ3n) is 2.05. The number of nitrogens with zero attached hydrogens (tertiary/aromatic N) is 3. The van der Waals surface area contributed by atoms with Gasteiger partial charge in [-0.05, 0) is 13.0 Å². The Kier molecular flexibility index (Phi) is 4.91. The number of methoxy groups -OCH3 is 1. The molecular formula is C10H17N3O3. The molecule has 1 heterocycles. The second kappa shape index (κ2) is 6.22. The highest BCUT2D eigenvalue weighted by Crippen LogP contribution is 2.04. The third kappa shape index (κ3) is 3.98. The maximum absolute atomic E-state index is 11.2. The molecule has 6 nitrogen and oxygen atoms in total. The first kappa shape index (κ1) is 12.6. The van der Waals surface area contributed by atoms with Crippen molar-refractivity contribution < 1.29 is 13.9 Å². The average Bonchev–Trinajstić information content (AvgIpc) is 2.64. The Hall–Kier alpha value is -1.43. The van der Waals surface area contributed by atoms with Crippen molar-refractivity contribution in [1.29, 1.82) is 0 Å². The standard InChI is InChI=1S/C10H17N3O3/c1-4-5-13(7-10(14)15-3)6-9-12-11-8(2)16-9/h4-7H2,1-3H3. The molecule has 0 unspecified atom stereocenters. The van der Waals surface area contributed by atoms with E-state index in [0.717, 1.165) is 13.0 Å². The molecule has 16 heavy (non-hydrogen) atoms. The van der Waals surface area contributed by atoms with Crippen LogP contribution >= 0.6 is 0 Å². The van der Waals surface area contributed by atoms with E-state index in [4.69, 9.17) is 4.42 Å². The fourth-order valence-corrected chi connectivity index (χ4v) is 1.37. The lowest BCUT2D eigenvalue weighted by Gasteiger charge is -2.17. The summed E-state index contributed by atoms with van der Waals surface area (Å²) in [5.74, 6) is 0.795. The molecule has 0 fully saturated rings. The molecule has 0 aliphatic rings. The van der Waals surface area contributed by atoms with E-state index in [9.17, 15) is 4.79 Å². The summed E-state index contributed by atoms with van der Waals surface area (Å²) < 4.78 is 9.88. The fraction of sp³-hybridized carbons (Fsp3) is 0.700. The van der Waals surface area contributed by atoms with E-state index >= 15 is 0 Å². The van der Waals surface area contributed by atoms with Crippen molar-refractivity contribution in [2.24, 2.45) is 0 Å². The van der Waals surface area contributed by atoms with Crippen LogP contribution in [0.25, 0.3) is 0 Å². The highest BCUT2D eigenvalue weighted by molar-refractivity contribution is 5.71. The van der Waals surface area contributed by atoms with Gasteiger partial charge in [0.1, 0.15) is 0 Å². The fourth-order valence-electron chi connectivity index (χ4n) is 1.37. The summed E-state index contributed by atoms with van der Waals surface area (Å²) in [6.07, 6.45) is 0.949. The molecule has 0 N–H and O–H groups in total. The van der Waals surface area contributed by atoms with Gasteiger partial charge in [-0.1, -0.05) is 6.92 Å². The minimum Gasteiger partial charge on any atom is -0.468 e. The summed E-state index contributed by atoms with van der Waals surface area (Å²) in [6.45, 7) is 5.29. The van der Waals surface area contributed by atoms with E-state index in [1.54, 1.807) is 6.92 Å². The Balaban J connectivity index is 2.53. The second-order valence-corrected chi connectivity index (χ2v) is 3.50. The Morgan fingerprint density at radius 2 is 2.25 bits per heavy atom. The molecule has 0 saturated carbocycles. The summed E-state index contributed by atoms with van der Waals surface area (Å²) in [5.41, 5.74) is 0. The van der Waals surface area contributed by atoms with Gasteiger partial charge in [0.05, 0.1) is 20.2 Å². The molecule has 1 aromatic heterocycles. The zero-order chi connectivity index (χ0) is 12.0. The Morgan fingerprint density at radius 1 is 1.50 bits per heavy atom. The quantitative estimate of drug-likeness (QED) is 0.668. The largest absolute Gasteiger partial charge is 0.468 e. The van der Waals surface area contributed by atoms with Crippen molar-refractivity contribution in [2.45, 2.75) is 26.8 Å². The van der Waals surface area contributed by atoms with Gasteiger partial charge in [-0.25, -0.2) is 0 Å². The molecule has 0 radical (unpaired) electrons. The van der Waals surface area contributed by atoms with Gasteiger partial charge in [0.25, 0.3) is 0 Å². The maximum atomic E-state index is 11.2. The first-order chi connectivity index (χ1) is 7.65. The summed E-state index contributed by atoms with van der Waals surface area (Å²) in [6, 6.07) is 0. The van der Waals surface area contributed by atoms with Crippen molar-refractivity contribution in [3.8, 4) is 0 Å². The number of hydrogen-bond acceptors (Lipinski definition) is 6. The van der Waals surface area contributed by atoms with Crippen LogP contribution in [0, 0.1) is 6.92 Å². The zero-order valence-corrected chi connectivity index (χ0v) is 9.89. The lowest BCUT2D eigenvalue weighted by atomic mass is 10.4. The average molecular weight is 227 g/mol. The van der Waals surface area contributed by atoms with Crippen LogP contribution in [0.1, 0.15) is 25.1 Å². The monoisotopic (exact) mass is 227 g/mol. The molecule has 6 heteroatoms. The molecule has 0 aliphatic carbocycles. The van der Waals surface area contributed by atoms with Crippen molar-refractivity contribution in [3.05, 3.63) is 11.8 Å². The minimum absolute atomic E-state index is 0.242. The summed E-state index contributed by atoms with van der Waals surface area (Å²) in [4.78, 5) is 13.1. The van der Waals surface area contributed by atoms with Gasteiger partial charge in [-0.15, -0.1) is 10.2 Å². The van der Waals surface area contributed by atoms with Crippen LogP contribution in [0.2, 0.25) is 0 Å². The topological polar surface area (TPSA) is 68.5 Å². The van der Waals surface area contributed by atoms with E-state index in [1.807, 2.05) is 11.8 Å². The molecule has 0 atom stereocenters. The van der Waals surface area contributed by atoms with Crippen LogP contribution in [-0.4, -0.2) is 41.3 Å². The van der Waals surface area contributed by atoms with Crippen molar-refractivity contribution in [2.75, 3.05) is 20.2 Å². The van der Waals surface area contributed by atoms with Crippen molar-refractivity contribution in [1.82, 2.24) is 15.1 Å². The van der Waals surface area contributed by atoms with Gasteiger partial charge in [0.15, 0.2) is 0 Å². The highest BCUT2D eigenvalue weighted by atomic mass is 16.5. The number of carbonyl (C=O) groups excluding carboxylic acids is 1. The van der Waals surface area contributed by atoms with E-state index in [-0.39, 0.29) is 12.5 Å². The molecule has 90 valence electrons. The lowest BCUT2D eigenvalue weighted by molar-refractivity contribution is -0.142. The number of esters is 1. The first-order valence-electron chi connectivity index (χ1n) is 5.23. The smallest absolute Gasteiger partial charge is 0.319 e. The van der Waals surface area contributed by atoms with E-state index in [2.05, 4.69) is 14.9 Å². The molecule has 0 aromatic carbocycles. The van der Waals surface area contributed by atoms with Gasteiger partial charge < -0.3 is 9.15 Å². The number of carbonyl (C=O) groups is 1. The van der Waals surface area contributed by atoms with Crippen LogP contribution in [0.3, 0.4) is 0 Å². The zero-order valence-electron chi connectivity index (χ0n) is 9.89. The van der Waals surface area contributed by atoms with Gasteiger partial charge >= 0.3 is 5.97 Å². The summed E-state index contributed by atoms with van der Waals surface area (Å²) in [5, 5.41) is 7.63. The van der Waals surface area contributed by atoms with Crippen LogP contribution < -0.4 is 0 Å².